The highest BCUT2D eigenvalue weighted by molar-refractivity contribution is 9.10. The van der Waals surface area contributed by atoms with Crippen molar-refractivity contribution in [2.45, 2.75) is 20.4 Å². The van der Waals surface area contributed by atoms with Gasteiger partial charge in [0, 0.05) is 19.6 Å². The summed E-state index contributed by atoms with van der Waals surface area (Å²) < 4.78 is 5.71. The molecule has 6 heteroatoms. The van der Waals surface area contributed by atoms with Crippen LogP contribution in [0.25, 0.3) is 0 Å². The van der Waals surface area contributed by atoms with Crippen LogP contribution in [0.3, 0.4) is 0 Å². The Bertz CT molecular complexity index is 490. The summed E-state index contributed by atoms with van der Waals surface area (Å²) in [6, 6.07) is 3.61. The van der Waals surface area contributed by atoms with E-state index in [0.717, 1.165) is 18.7 Å². The standard InChI is InChI=1S/C15H23BrN2O3/c1-5-18(6-2)14(19)10-17(3)9-11-7-12(16)15(20)13(8-11)21-4/h7-8,20H,5-6,9-10H2,1-4H3. The van der Waals surface area contributed by atoms with Gasteiger partial charge in [-0.25, -0.2) is 0 Å². The highest BCUT2D eigenvalue weighted by Crippen LogP contribution is 2.35. The van der Waals surface area contributed by atoms with Gasteiger partial charge in [0.2, 0.25) is 5.91 Å². The molecule has 0 saturated carbocycles. The second kappa shape index (κ2) is 8.24. The molecule has 1 N–H and O–H groups in total. The smallest absolute Gasteiger partial charge is 0.236 e. The van der Waals surface area contributed by atoms with E-state index in [-0.39, 0.29) is 11.7 Å². The van der Waals surface area contributed by atoms with Gasteiger partial charge in [0.15, 0.2) is 11.5 Å². The van der Waals surface area contributed by atoms with Crippen molar-refractivity contribution in [1.82, 2.24) is 9.80 Å². The normalized spacial score (nSPS) is 10.8. The van der Waals surface area contributed by atoms with Gasteiger partial charge in [-0.15, -0.1) is 0 Å². The van der Waals surface area contributed by atoms with Crippen molar-refractivity contribution in [1.29, 1.82) is 0 Å². The zero-order chi connectivity index (χ0) is 16.0. The van der Waals surface area contributed by atoms with E-state index < -0.39 is 0 Å². The molecule has 0 bridgehead atoms. The van der Waals surface area contributed by atoms with Crippen LogP contribution in [-0.2, 0) is 11.3 Å². The third-order valence-corrected chi connectivity index (χ3v) is 3.89. The summed E-state index contributed by atoms with van der Waals surface area (Å²) in [5.74, 6) is 0.623. The number of benzene rings is 1. The van der Waals surface area contributed by atoms with Crippen LogP contribution in [0.4, 0.5) is 0 Å². The minimum Gasteiger partial charge on any atom is -0.503 e. The lowest BCUT2D eigenvalue weighted by atomic mass is 10.2. The largest absolute Gasteiger partial charge is 0.503 e. The second-order valence-electron chi connectivity index (χ2n) is 4.87. The van der Waals surface area contributed by atoms with Gasteiger partial charge < -0.3 is 14.7 Å². The lowest BCUT2D eigenvalue weighted by Crippen LogP contribution is -2.38. The van der Waals surface area contributed by atoms with E-state index in [1.54, 1.807) is 6.07 Å². The van der Waals surface area contributed by atoms with Gasteiger partial charge in [-0.05, 0) is 54.5 Å². The number of hydrogen-bond acceptors (Lipinski definition) is 4. The summed E-state index contributed by atoms with van der Waals surface area (Å²) in [5.41, 5.74) is 0.964. The Morgan fingerprint density at radius 2 is 1.95 bits per heavy atom. The van der Waals surface area contributed by atoms with Gasteiger partial charge in [-0.1, -0.05) is 0 Å². The molecule has 1 aromatic rings. The topological polar surface area (TPSA) is 53.0 Å². The molecule has 1 amide bonds. The predicted molar refractivity (Wildman–Crippen MR) is 86.6 cm³/mol. The van der Waals surface area contributed by atoms with E-state index in [9.17, 15) is 9.90 Å². The second-order valence-corrected chi connectivity index (χ2v) is 5.72. The van der Waals surface area contributed by atoms with Gasteiger partial charge in [0.25, 0.3) is 0 Å². The zero-order valence-electron chi connectivity index (χ0n) is 13.0. The average molecular weight is 359 g/mol. The van der Waals surface area contributed by atoms with Crippen LogP contribution in [0, 0.1) is 0 Å². The summed E-state index contributed by atoms with van der Waals surface area (Å²) in [6.45, 7) is 6.36. The highest BCUT2D eigenvalue weighted by Gasteiger charge is 2.14. The van der Waals surface area contributed by atoms with E-state index in [1.165, 1.54) is 7.11 Å². The van der Waals surface area contributed by atoms with E-state index >= 15 is 0 Å². The molecule has 0 heterocycles. The molecule has 0 aliphatic carbocycles. The first-order valence-electron chi connectivity index (χ1n) is 6.94. The van der Waals surface area contributed by atoms with E-state index in [2.05, 4.69) is 15.9 Å². The molecule has 0 aliphatic rings. The van der Waals surface area contributed by atoms with Gasteiger partial charge in [-0.2, -0.15) is 0 Å². The fourth-order valence-electron chi connectivity index (χ4n) is 2.15. The molecule has 0 radical (unpaired) electrons. The third-order valence-electron chi connectivity index (χ3n) is 3.28. The van der Waals surface area contributed by atoms with Crippen LogP contribution in [0.1, 0.15) is 19.4 Å². The molecule has 0 spiro atoms. The molecule has 1 rings (SSSR count). The number of halogens is 1. The highest BCUT2D eigenvalue weighted by atomic mass is 79.9. The first kappa shape index (κ1) is 17.8. The van der Waals surface area contributed by atoms with Crippen molar-refractivity contribution in [2.24, 2.45) is 0 Å². The Kier molecular flexibility index (Phi) is 6.98. The Morgan fingerprint density at radius 3 is 2.48 bits per heavy atom. The molecule has 0 atom stereocenters. The van der Waals surface area contributed by atoms with Crippen molar-refractivity contribution in [2.75, 3.05) is 33.8 Å². The maximum atomic E-state index is 12.1. The minimum absolute atomic E-state index is 0.0862. The zero-order valence-corrected chi connectivity index (χ0v) is 14.6. The number of carbonyl (C=O) groups excluding carboxylic acids is 1. The van der Waals surface area contributed by atoms with Gasteiger partial charge in [0.05, 0.1) is 18.1 Å². The van der Waals surface area contributed by atoms with Crippen LogP contribution in [0.5, 0.6) is 11.5 Å². The van der Waals surface area contributed by atoms with Crippen molar-refractivity contribution < 1.29 is 14.6 Å². The molecule has 118 valence electrons. The molecule has 1 aromatic carbocycles. The van der Waals surface area contributed by atoms with E-state index in [4.69, 9.17) is 4.74 Å². The summed E-state index contributed by atoms with van der Waals surface area (Å²) in [6.07, 6.45) is 0. The fraction of sp³-hybridized carbons (Fsp3) is 0.533. The van der Waals surface area contributed by atoms with Crippen LogP contribution >= 0.6 is 15.9 Å². The number of carbonyl (C=O) groups is 1. The first-order chi connectivity index (χ1) is 9.92. The summed E-state index contributed by atoms with van der Waals surface area (Å²) in [5, 5.41) is 9.79. The summed E-state index contributed by atoms with van der Waals surface area (Å²) in [4.78, 5) is 15.8. The molecule has 0 aromatic heterocycles. The van der Waals surface area contributed by atoms with Crippen LogP contribution in [-0.4, -0.2) is 54.6 Å². The monoisotopic (exact) mass is 358 g/mol. The lowest BCUT2D eigenvalue weighted by molar-refractivity contribution is -0.131. The number of ether oxygens (including phenoxy) is 1. The van der Waals surface area contributed by atoms with Gasteiger partial charge >= 0.3 is 0 Å². The molecule has 21 heavy (non-hydrogen) atoms. The molecule has 0 fully saturated rings. The van der Waals surface area contributed by atoms with Crippen molar-refractivity contribution in [3.05, 3.63) is 22.2 Å². The number of rotatable bonds is 7. The number of aromatic hydroxyl groups is 1. The lowest BCUT2D eigenvalue weighted by Gasteiger charge is -2.23. The van der Waals surface area contributed by atoms with E-state index in [0.29, 0.717) is 23.3 Å². The van der Waals surface area contributed by atoms with Crippen LogP contribution in [0.15, 0.2) is 16.6 Å². The maximum absolute atomic E-state index is 12.1. The third kappa shape index (κ3) is 4.89. The predicted octanol–water partition coefficient (Wildman–Crippen LogP) is 2.46. The number of nitrogens with zero attached hydrogens (tertiary/aromatic N) is 2. The Balaban J connectivity index is 2.73. The average Bonchev–Trinajstić information content (AvgIpc) is 2.43. The van der Waals surface area contributed by atoms with E-state index in [1.807, 2.05) is 36.8 Å². The quantitative estimate of drug-likeness (QED) is 0.813. The Morgan fingerprint density at radius 1 is 1.33 bits per heavy atom. The number of amides is 1. The first-order valence-corrected chi connectivity index (χ1v) is 7.73. The van der Waals surface area contributed by atoms with Crippen LogP contribution in [0.2, 0.25) is 0 Å². The number of phenolic OH excluding ortho intramolecular Hbond substituents is 1. The molecule has 5 nitrogen and oxygen atoms in total. The summed E-state index contributed by atoms with van der Waals surface area (Å²) in [7, 11) is 3.41. The van der Waals surface area contributed by atoms with Gasteiger partial charge in [0.1, 0.15) is 0 Å². The number of phenols is 1. The number of likely N-dealkylation sites (N-methyl/N-ethyl adjacent to an activating group) is 2. The van der Waals surface area contributed by atoms with Crippen LogP contribution < -0.4 is 4.74 Å². The Labute approximate surface area is 134 Å². The molecule has 0 aliphatic heterocycles. The SMILES string of the molecule is CCN(CC)C(=O)CN(C)Cc1cc(Br)c(O)c(OC)c1. The minimum atomic E-state index is 0.0862. The van der Waals surface area contributed by atoms with Crippen molar-refractivity contribution >= 4 is 21.8 Å². The number of methoxy groups -OCH3 is 1. The molecular weight excluding hydrogens is 336 g/mol. The maximum Gasteiger partial charge on any atom is 0.236 e. The molecular formula is C15H23BrN2O3. The van der Waals surface area contributed by atoms with Crippen molar-refractivity contribution in [3.8, 4) is 11.5 Å². The Hall–Kier alpha value is -1.27. The number of hydrogen-bond donors (Lipinski definition) is 1. The van der Waals surface area contributed by atoms with Crippen molar-refractivity contribution in [3.63, 3.8) is 0 Å². The molecule has 0 saturated heterocycles. The fourth-order valence-corrected chi connectivity index (χ4v) is 2.64. The molecule has 0 unspecified atom stereocenters. The summed E-state index contributed by atoms with van der Waals surface area (Å²) >= 11 is 3.30. The van der Waals surface area contributed by atoms with Gasteiger partial charge in [-0.3, -0.25) is 9.69 Å².